The summed E-state index contributed by atoms with van der Waals surface area (Å²) in [6.45, 7) is 3.02. The first kappa shape index (κ1) is 15.3. The van der Waals surface area contributed by atoms with Gasteiger partial charge in [0.25, 0.3) is 0 Å². The molecule has 0 aliphatic rings. The molecule has 0 saturated carbocycles. The summed E-state index contributed by atoms with van der Waals surface area (Å²) in [5.41, 5.74) is 2.18. The van der Waals surface area contributed by atoms with Gasteiger partial charge in [0.05, 0.1) is 24.7 Å². The average Bonchev–Trinajstić information content (AvgIpc) is 2.95. The van der Waals surface area contributed by atoms with Crippen molar-refractivity contribution in [1.82, 2.24) is 9.88 Å². The monoisotopic (exact) mass is 310 g/mol. The molecule has 1 aromatic heterocycles. The van der Waals surface area contributed by atoms with Gasteiger partial charge in [0.15, 0.2) is 0 Å². The van der Waals surface area contributed by atoms with Crippen molar-refractivity contribution in [3.8, 4) is 5.75 Å². The van der Waals surface area contributed by atoms with Crippen molar-refractivity contribution in [2.45, 2.75) is 25.4 Å². The molecule has 20 heavy (non-hydrogen) atoms. The Morgan fingerprint density at radius 2 is 2.25 bits per heavy atom. The van der Waals surface area contributed by atoms with Crippen molar-refractivity contribution < 1.29 is 4.74 Å². The summed E-state index contributed by atoms with van der Waals surface area (Å²) in [5.74, 6) is 1.37. The predicted molar refractivity (Wildman–Crippen MR) is 84.5 cm³/mol. The number of nitrogens with zero attached hydrogens (tertiary/aromatic N) is 2. The third kappa shape index (κ3) is 3.72. The van der Waals surface area contributed by atoms with Crippen LogP contribution >= 0.6 is 22.9 Å². The molecule has 0 saturated heterocycles. The summed E-state index contributed by atoms with van der Waals surface area (Å²) in [6, 6.07) is 8.41. The van der Waals surface area contributed by atoms with Crippen LogP contribution in [0.25, 0.3) is 0 Å². The molecule has 0 N–H and O–H groups in total. The molecule has 0 aliphatic carbocycles. The largest absolute Gasteiger partial charge is 0.497 e. The Labute approximate surface area is 129 Å². The molecule has 2 rings (SSSR count). The molecule has 1 atom stereocenters. The number of halogens is 1. The van der Waals surface area contributed by atoms with E-state index in [9.17, 15) is 0 Å². The van der Waals surface area contributed by atoms with Gasteiger partial charge in [-0.15, -0.1) is 22.9 Å². The minimum absolute atomic E-state index is 0.267. The second-order valence-corrected chi connectivity index (χ2v) is 5.91. The van der Waals surface area contributed by atoms with Gasteiger partial charge in [0.2, 0.25) is 0 Å². The van der Waals surface area contributed by atoms with E-state index in [1.165, 1.54) is 5.56 Å². The second kappa shape index (κ2) is 7.07. The highest BCUT2D eigenvalue weighted by atomic mass is 35.5. The van der Waals surface area contributed by atoms with E-state index >= 15 is 0 Å². The van der Waals surface area contributed by atoms with Crippen LogP contribution in [0.4, 0.5) is 0 Å². The van der Waals surface area contributed by atoms with E-state index in [4.69, 9.17) is 16.3 Å². The molecule has 0 bridgehead atoms. The van der Waals surface area contributed by atoms with Gasteiger partial charge in [-0.1, -0.05) is 12.1 Å². The smallest absolute Gasteiger partial charge is 0.119 e. The van der Waals surface area contributed by atoms with E-state index in [0.29, 0.717) is 5.88 Å². The SMILES string of the molecule is COc1cccc(CN(C)C(C)c2nc(CCl)cs2)c1. The molecule has 3 nitrogen and oxygen atoms in total. The van der Waals surface area contributed by atoms with Crippen molar-refractivity contribution in [2.24, 2.45) is 0 Å². The first-order valence-electron chi connectivity index (χ1n) is 6.47. The number of rotatable bonds is 6. The van der Waals surface area contributed by atoms with Gasteiger partial charge in [0.1, 0.15) is 10.8 Å². The van der Waals surface area contributed by atoms with Crippen LogP contribution in [0, 0.1) is 0 Å². The molecule has 2 aromatic rings. The summed E-state index contributed by atoms with van der Waals surface area (Å²) in [4.78, 5) is 6.81. The molecule has 0 spiro atoms. The number of alkyl halides is 1. The summed E-state index contributed by atoms with van der Waals surface area (Å²) < 4.78 is 5.26. The van der Waals surface area contributed by atoms with Crippen molar-refractivity contribution in [2.75, 3.05) is 14.2 Å². The maximum absolute atomic E-state index is 5.80. The number of aromatic nitrogens is 1. The number of ether oxygens (including phenoxy) is 1. The molecule has 0 aliphatic heterocycles. The van der Waals surface area contributed by atoms with Gasteiger partial charge in [-0.2, -0.15) is 0 Å². The Kier molecular flexibility index (Phi) is 5.40. The summed E-state index contributed by atoms with van der Waals surface area (Å²) in [6.07, 6.45) is 0. The molecular formula is C15H19ClN2OS. The Morgan fingerprint density at radius 1 is 1.45 bits per heavy atom. The summed E-state index contributed by atoms with van der Waals surface area (Å²) in [5, 5.41) is 3.13. The van der Waals surface area contributed by atoms with Crippen molar-refractivity contribution in [1.29, 1.82) is 0 Å². The zero-order chi connectivity index (χ0) is 14.5. The maximum Gasteiger partial charge on any atom is 0.119 e. The Morgan fingerprint density at radius 3 is 2.90 bits per heavy atom. The van der Waals surface area contributed by atoms with E-state index in [1.54, 1.807) is 18.4 Å². The fraction of sp³-hybridized carbons (Fsp3) is 0.400. The molecule has 0 fully saturated rings. The Bertz CT molecular complexity index is 558. The van der Waals surface area contributed by atoms with E-state index < -0.39 is 0 Å². The van der Waals surface area contributed by atoms with Crippen molar-refractivity contribution in [3.63, 3.8) is 0 Å². The standard InChI is InChI=1S/C15H19ClN2OS/c1-11(15-17-13(8-16)10-20-15)18(2)9-12-5-4-6-14(7-12)19-3/h4-7,10-11H,8-9H2,1-3H3. The van der Waals surface area contributed by atoms with Crippen LogP contribution in [-0.2, 0) is 12.4 Å². The highest BCUT2D eigenvalue weighted by Crippen LogP contribution is 2.25. The number of methoxy groups -OCH3 is 1. The fourth-order valence-corrected chi connectivity index (χ4v) is 3.13. The minimum atomic E-state index is 0.267. The van der Waals surface area contributed by atoms with E-state index in [0.717, 1.165) is 23.0 Å². The minimum Gasteiger partial charge on any atom is -0.497 e. The van der Waals surface area contributed by atoms with Gasteiger partial charge in [0, 0.05) is 11.9 Å². The lowest BCUT2D eigenvalue weighted by molar-refractivity contribution is 0.252. The molecule has 108 valence electrons. The molecular weight excluding hydrogens is 292 g/mol. The van der Waals surface area contributed by atoms with Crippen LogP contribution in [0.5, 0.6) is 5.75 Å². The number of thiazole rings is 1. The van der Waals surface area contributed by atoms with Crippen LogP contribution in [0.15, 0.2) is 29.6 Å². The van der Waals surface area contributed by atoms with Crippen LogP contribution < -0.4 is 4.74 Å². The quantitative estimate of drug-likeness (QED) is 0.752. The fourth-order valence-electron chi connectivity index (χ4n) is 1.96. The third-order valence-corrected chi connectivity index (χ3v) is 4.63. The summed E-state index contributed by atoms with van der Waals surface area (Å²) in [7, 11) is 3.79. The van der Waals surface area contributed by atoms with Gasteiger partial charge in [-0.25, -0.2) is 4.98 Å². The zero-order valence-corrected chi connectivity index (χ0v) is 13.5. The van der Waals surface area contributed by atoms with Crippen molar-refractivity contribution in [3.05, 3.63) is 45.9 Å². The lowest BCUT2D eigenvalue weighted by Crippen LogP contribution is -2.21. The molecule has 0 radical (unpaired) electrons. The van der Waals surface area contributed by atoms with Crippen LogP contribution in [0.3, 0.4) is 0 Å². The predicted octanol–water partition coefficient (Wildman–Crippen LogP) is 4.08. The second-order valence-electron chi connectivity index (χ2n) is 4.75. The first-order valence-corrected chi connectivity index (χ1v) is 7.89. The maximum atomic E-state index is 5.80. The third-order valence-electron chi connectivity index (χ3n) is 3.29. The highest BCUT2D eigenvalue weighted by Gasteiger charge is 2.15. The Hall–Kier alpha value is -1.10. The van der Waals surface area contributed by atoms with Crippen LogP contribution in [-0.4, -0.2) is 24.0 Å². The zero-order valence-electron chi connectivity index (χ0n) is 12.0. The van der Waals surface area contributed by atoms with E-state index in [1.807, 2.05) is 17.5 Å². The van der Waals surface area contributed by atoms with Crippen LogP contribution in [0.2, 0.25) is 0 Å². The lowest BCUT2D eigenvalue weighted by atomic mass is 10.2. The van der Waals surface area contributed by atoms with E-state index in [2.05, 4.69) is 36.0 Å². The summed E-state index contributed by atoms with van der Waals surface area (Å²) >= 11 is 7.47. The van der Waals surface area contributed by atoms with Gasteiger partial charge in [-0.05, 0) is 31.7 Å². The normalized spacial score (nSPS) is 12.7. The van der Waals surface area contributed by atoms with Crippen LogP contribution in [0.1, 0.15) is 29.2 Å². The van der Waals surface area contributed by atoms with Crippen molar-refractivity contribution >= 4 is 22.9 Å². The van der Waals surface area contributed by atoms with E-state index in [-0.39, 0.29) is 6.04 Å². The van der Waals surface area contributed by atoms with Gasteiger partial charge < -0.3 is 4.74 Å². The first-order chi connectivity index (χ1) is 9.63. The molecule has 1 unspecified atom stereocenters. The Balaban J connectivity index is 2.04. The number of hydrogen-bond donors (Lipinski definition) is 0. The number of benzene rings is 1. The van der Waals surface area contributed by atoms with Gasteiger partial charge in [-0.3, -0.25) is 4.90 Å². The lowest BCUT2D eigenvalue weighted by Gasteiger charge is -2.23. The molecule has 1 heterocycles. The van der Waals surface area contributed by atoms with Gasteiger partial charge >= 0.3 is 0 Å². The molecule has 1 aromatic carbocycles. The topological polar surface area (TPSA) is 25.4 Å². The highest BCUT2D eigenvalue weighted by molar-refractivity contribution is 7.09. The molecule has 0 amide bonds. The average molecular weight is 311 g/mol. The molecule has 5 heteroatoms. The number of hydrogen-bond acceptors (Lipinski definition) is 4.